The molecule has 0 saturated heterocycles. The topological polar surface area (TPSA) is 39.5 Å². The van der Waals surface area contributed by atoms with Gasteiger partial charge in [0.05, 0.1) is 31.8 Å². The third-order valence-corrected chi connectivity index (χ3v) is 4.22. The molecule has 5 heteroatoms. The lowest BCUT2D eigenvalue weighted by molar-refractivity contribution is 0.0737. The van der Waals surface area contributed by atoms with E-state index in [0.29, 0.717) is 12.5 Å². The highest BCUT2D eigenvalue weighted by atomic mass is 16.5. The van der Waals surface area contributed by atoms with Crippen molar-refractivity contribution in [1.29, 1.82) is 0 Å². The molecule has 1 aromatic heterocycles. The predicted molar refractivity (Wildman–Crippen MR) is 89.0 cm³/mol. The fourth-order valence-electron chi connectivity index (χ4n) is 3.11. The van der Waals surface area contributed by atoms with Crippen LogP contribution in [0.4, 0.5) is 0 Å². The van der Waals surface area contributed by atoms with Crippen LogP contribution in [0.3, 0.4) is 0 Å². The second-order valence-electron chi connectivity index (χ2n) is 6.13. The van der Waals surface area contributed by atoms with Crippen LogP contribution in [0, 0.1) is 5.92 Å². The van der Waals surface area contributed by atoms with E-state index in [1.807, 2.05) is 30.7 Å². The second-order valence-corrected chi connectivity index (χ2v) is 6.13. The predicted octanol–water partition coefficient (Wildman–Crippen LogP) is 2.18. The Balaban J connectivity index is 1.50. The number of imidazole rings is 1. The maximum atomic E-state index is 5.83. The lowest BCUT2D eigenvalue weighted by Gasteiger charge is -2.23. The van der Waals surface area contributed by atoms with Gasteiger partial charge in [0.2, 0.25) is 0 Å². The summed E-state index contributed by atoms with van der Waals surface area (Å²) in [6, 6.07) is 10.3. The molecule has 2 heterocycles. The van der Waals surface area contributed by atoms with Gasteiger partial charge in [-0.05, 0) is 5.56 Å². The van der Waals surface area contributed by atoms with Gasteiger partial charge in [-0.15, -0.1) is 0 Å². The Bertz CT molecular complexity index is 585. The van der Waals surface area contributed by atoms with E-state index in [4.69, 9.17) is 9.47 Å². The van der Waals surface area contributed by atoms with Crippen molar-refractivity contribution in [2.75, 3.05) is 33.4 Å². The van der Waals surface area contributed by atoms with Crippen molar-refractivity contribution in [2.24, 2.45) is 5.92 Å². The highest BCUT2D eigenvalue weighted by molar-refractivity contribution is 5.13. The fraction of sp³-hybridized carbons (Fsp3) is 0.500. The van der Waals surface area contributed by atoms with E-state index >= 15 is 0 Å². The summed E-state index contributed by atoms with van der Waals surface area (Å²) in [7, 11) is 1.77. The molecule has 0 aliphatic carbocycles. The highest BCUT2D eigenvalue weighted by Crippen LogP contribution is 2.16. The summed E-state index contributed by atoms with van der Waals surface area (Å²) in [5, 5.41) is 0. The Morgan fingerprint density at radius 2 is 2.09 bits per heavy atom. The van der Waals surface area contributed by atoms with Crippen molar-refractivity contribution in [3.05, 3.63) is 54.1 Å². The molecule has 23 heavy (non-hydrogen) atoms. The minimum atomic E-state index is 0.490. The van der Waals surface area contributed by atoms with Gasteiger partial charge in [-0.25, -0.2) is 4.98 Å². The van der Waals surface area contributed by atoms with Crippen LogP contribution in [0.5, 0.6) is 0 Å². The van der Waals surface area contributed by atoms with Crippen molar-refractivity contribution < 1.29 is 9.47 Å². The summed E-state index contributed by atoms with van der Waals surface area (Å²) < 4.78 is 13.4. The van der Waals surface area contributed by atoms with Crippen molar-refractivity contribution in [3.8, 4) is 0 Å². The molecule has 0 unspecified atom stereocenters. The number of hydrogen-bond acceptors (Lipinski definition) is 4. The summed E-state index contributed by atoms with van der Waals surface area (Å²) in [5.74, 6) is 0.490. The van der Waals surface area contributed by atoms with E-state index in [1.54, 1.807) is 7.11 Å². The Morgan fingerprint density at radius 1 is 1.22 bits per heavy atom. The molecule has 0 saturated carbocycles. The van der Waals surface area contributed by atoms with E-state index < -0.39 is 0 Å². The van der Waals surface area contributed by atoms with Gasteiger partial charge in [0, 0.05) is 45.4 Å². The van der Waals surface area contributed by atoms with Crippen LogP contribution >= 0.6 is 0 Å². The van der Waals surface area contributed by atoms with E-state index in [-0.39, 0.29) is 0 Å². The van der Waals surface area contributed by atoms with Gasteiger partial charge < -0.3 is 14.0 Å². The first-order valence-corrected chi connectivity index (χ1v) is 8.17. The average Bonchev–Trinajstić information content (AvgIpc) is 2.92. The van der Waals surface area contributed by atoms with E-state index in [0.717, 1.165) is 39.4 Å². The number of ether oxygens (including phenoxy) is 2. The van der Waals surface area contributed by atoms with E-state index in [9.17, 15) is 0 Å². The molecule has 0 amide bonds. The molecule has 0 radical (unpaired) electrons. The van der Waals surface area contributed by atoms with Gasteiger partial charge in [0.1, 0.15) is 0 Å². The first-order valence-electron chi connectivity index (χ1n) is 8.17. The highest BCUT2D eigenvalue weighted by Gasteiger charge is 2.21. The third-order valence-electron chi connectivity index (χ3n) is 4.22. The van der Waals surface area contributed by atoms with E-state index in [2.05, 4.69) is 26.6 Å². The van der Waals surface area contributed by atoms with Crippen molar-refractivity contribution in [3.63, 3.8) is 0 Å². The molecule has 1 aliphatic rings. The standard InChI is InChI=1S/C18H25N3O2/c1-22-13-17-10-20(12-18-9-19-15-21(18)11-17)7-8-23-14-16-5-3-2-4-6-16/h2-6,9,15,17H,7-8,10-14H2,1H3/t17-/m1/s1. The molecule has 5 nitrogen and oxygen atoms in total. The van der Waals surface area contributed by atoms with Gasteiger partial charge in [0.15, 0.2) is 0 Å². The van der Waals surface area contributed by atoms with Crippen LogP contribution in [0.15, 0.2) is 42.9 Å². The molecular weight excluding hydrogens is 290 g/mol. The lowest BCUT2D eigenvalue weighted by Crippen LogP contribution is -2.32. The molecule has 1 atom stereocenters. The van der Waals surface area contributed by atoms with Crippen LogP contribution in [0.25, 0.3) is 0 Å². The van der Waals surface area contributed by atoms with Gasteiger partial charge in [-0.2, -0.15) is 0 Å². The van der Waals surface area contributed by atoms with Gasteiger partial charge >= 0.3 is 0 Å². The van der Waals surface area contributed by atoms with Crippen LogP contribution in [0.1, 0.15) is 11.3 Å². The molecule has 0 N–H and O–H groups in total. The minimum absolute atomic E-state index is 0.490. The maximum absolute atomic E-state index is 5.83. The lowest BCUT2D eigenvalue weighted by atomic mass is 10.1. The number of methoxy groups -OCH3 is 1. The van der Waals surface area contributed by atoms with Gasteiger partial charge in [-0.1, -0.05) is 30.3 Å². The van der Waals surface area contributed by atoms with Crippen LogP contribution in [-0.2, 0) is 29.2 Å². The third kappa shape index (κ3) is 4.64. The number of rotatable bonds is 7. The van der Waals surface area contributed by atoms with Crippen LogP contribution in [0.2, 0.25) is 0 Å². The molecular formula is C18H25N3O2. The Kier molecular flexibility index (Phi) is 5.80. The first kappa shape index (κ1) is 16.2. The fourth-order valence-corrected chi connectivity index (χ4v) is 3.11. The molecule has 0 spiro atoms. The Labute approximate surface area is 137 Å². The molecule has 1 aromatic carbocycles. The second kappa shape index (κ2) is 8.24. The Hall–Kier alpha value is -1.69. The number of nitrogens with zero attached hydrogens (tertiary/aromatic N) is 3. The first-order chi connectivity index (χ1) is 11.3. The summed E-state index contributed by atoms with van der Waals surface area (Å²) in [6.45, 7) is 6.05. The van der Waals surface area contributed by atoms with Crippen LogP contribution in [-0.4, -0.2) is 47.9 Å². The quantitative estimate of drug-likeness (QED) is 0.734. The molecule has 124 valence electrons. The average molecular weight is 315 g/mol. The normalized spacial score (nSPS) is 18.6. The van der Waals surface area contributed by atoms with E-state index in [1.165, 1.54) is 11.3 Å². The molecule has 2 aromatic rings. The summed E-state index contributed by atoms with van der Waals surface area (Å²) in [5.41, 5.74) is 2.49. The summed E-state index contributed by atoms with van der Waals surface area (Å²) in [6.07, 6.45) is 3.89. The smallest absolute Gasteiger partial charge is 0.0948 e. The molecule has 1 aliphatic heterocycles. The zero-order chi connectivity index (χ0) is 15.9. The molecule has 0 fully saturated rings. The molecule has 3 rings (SSSR count). The summed E-state index contributed by atoms with van der Waals surface area (Å²) in [4.78, 5) is 6.71. The zero-order valence-electron chi connectivity index (χ0n) is 13.7. The SMILES string of the molecule is COC[C@@H]1CN(CCOCc2ccccc2)Cc2cncn2C1. The maximum Gasteiger partial charge on any atom is 0.0948 e. The number of benzene rings is 1. The van der Waals surface area contributed by atoms with Crippen LogP contribution < -0.4 is 0 Å². The van der Waals surface area contributed by atoms with Crippen molar-refractivity contribution in [1.82, 2.24) is 14.5 Å². The van der Waals surface area contributed by atoms with Gasteiger partial charge in [0.25, 0.3) is 0 Å². The van der Waals surface area contributed by atoms with Crippen molar-refractivity contribution >= 4 is 0 Å². The number of hydrogen-bond donors (Lipinski definition) is 0. The monoisotopic (exact) mass is 315 g/mol. The number of fused-ring (bicyclic) bond motifs is 1. The van der Waals surface area contributed by atoms with Crippen molar-refractivity contribution in [2.45, 2.75) is 19.7 Å². The Morgan fingerprint density at radius 3 is 2.91 bits per heavy atom. The minimum Gasteiger partial charge on any atom is -0.384 e. The molecule has 0 bridgehead atoms. The largest absolute Gasteiger partial charge is 0.384 e. The zero-order valence-corrected chi connectivity index (χ0v) is 13.7. The summed E-state index contributed by atoms with van der Waals surface area (Å²) >= 11 is 0. The van der Waals surface area contributed by atoms with Gasteiger partial charge in [-0.3, -0.25) is 4.90 Å². The number of aromatic nitrogens is 2.